The quantitative estimate of drug-likeness (QED) is 0.188. The molecule has 8 atom stereocenters. The minimum atomic E-state index is -1.38. The van der Waals surface area contributed by atoms with E-state index in [1.807, 2.05) is 19.9 Å². The zero-order valence-corrected chi connectivity index (χ0v) is 29.5. The van der Waals surface area contributed by atoms with Crippen LogP contribution in [0.4, 0.5) is 0 Å². The number of halogens is 1. The van der Waals surface area contributed by atoms with Gasteiger partial charge in [-0.05, 0) is 90.4 Å². The maximum absolute atomic E-state index is 13.8. The summed E-state index contributed by atoms with van der Waals surface area (Å²) in [4.78, 5) is 56.0. The first-order chi connectivity index (χ1) is 22.7. The van der Waals surface area contributed by atoms with Crippen molar-refractivity contribution >= 4 is 40.5 Å². The third-order valence-corrected chi connectivity index (χ3v) is 11.4. The molecule has 1 N–H and O–H groups in total. The summed E-state index contributed by atoms with van der Waals surface area (Å²) in [5, 5.41) is 12.3. The Kier molecular flexibility index (Phi) is 8.94. The van der Waals surface area contributed by atoms with Crippen molar-refractivity contribution < 1.29 is 42.9 Å². The lowest BCUT2D eigenvalue weighted by Crippen LogP contribution is -2.71. The number of carbonyl (C=O) groups is 3. The number of aliphatic hydroxyl groups is 1. The van der Waals surface area contributed by atoms with Gasteiger partial charge in [-0.15, -0.1) is 0 Å². The van der Waals surface area contributed by atoms with Gasteiger partial charge in [0.1, 0.15) is 41.5 Å². The van der Waals surface area contributed by atoms with Crippen LogP contribution >= 0.6 is 22.6 Å². The van der Waals surface area contributed by atoms with Gasteiger partial charge < -0.3 is 28.5 Å². The van der Waals surface area contributed by atoms with Crippen LogP contribution in [0.3, 0.4) is 0 Å². The van der Waals surface area contributed by atoms with Crippen molar-refractivity contribution in [2.24, 2.45) is 22.7 Å². The summed E-state index contributed by atoms with van der Waals surface area (Å²) in [6, 6.07) is 12.0. The third-order valence-electron chi connectivity index (χ3n) is 10.7. The van der Waals surface area contributed by atoms with Gasteiger partial charge in [0, 0.05) is 52.8 Å². The molecule has 1 aliphatic heterocycles. The lowest BCUT2D eigenvalue weighted by atomic mass is 9.42. The minimum Gasteiger partial charge on any atom is -0.482 e. The van der Waals surface area contributed by atoms with Crippen LogP contribution in [0.1, 0.15) is 75.9 Å². The first-order valence-corrected chi connectivity index (χ1v) is 17.0. The molecule has 0 saturated heterocycles. The fourth-order valence-corrected chi connectivity index (χ4v) is 9.19. The first kappa shape index (κ1) is 34.1. The van der Waals surface area contributed by atoms with Gasteiger partial charge >= 0.3 is 23.5 Å². The Labute approximate surface area is 291 Å². The van der Waals surface area contributed by atoms with Gasteiger partial charge in [0.25, 0.3) is 0 Å². The fourth-order valence-electron chi connectivity index (χ4n) is 8.65. The van der Waals surface area contributed by atoms with Gasteiger partial charge in [0.15, 0.2) is 0 Å². The van der Waals surface area contributed by atoms with Crippen molar-refractivity contribution in [3.8, 4) is 17.1 Å². The number of ether oxygens (including phenoxy) is 4. The topological polar surface area (TPSA) is 151 Å². The second-order valence-corrected chi connectivity index (χ2v) is 15.0. The third kappa shape index (κ3) is 5.80. The van der Waals surface area contributed by atoms with Gasteiger partial charge in [0.05, 0.1) is 11.7 Å². The highest BCUT2D eigenvalue weighted by Crippen LogP contribution is 2.67. The predicted molar refractivity (Wildman–Crippen MR) is 180 cm³/mol. The molecule has 11 nitrogen and oxygen atoms in total. The molecule has 2 aromatic heterocycles. The van der Waals surface area contributed by atoms with E-state index < -0.39 is 70.1 Å². The maximum atomic E-state index is 13.8. The van der Waals surface area contributed by atoms with E-state index in [-0.39, 0.29) is 30.1 Å². The Hall–Kier alpha value is -3.78. The van der Waals surface area contributed by atoms with Crippen LogP contribution in [0.5, 0.6) is 5.75 Å². The zero-order chi connectivity index (χ0) is 34.6. The lowest BCUT2D eigenvalue weighted by Gasteiger charge is -2.66. The summed E-state index contributed by atoms with van der Waals surface area (Å²) in [6.45, 7) is 8.27. The van der Waals surface area contributed by atoms with Crippen LogP contribution in [0.25, 0.3) is 11.3 Å². The molecule has 3 aromatic rings. The second kappa shape index (κ2) is 12.6. The van der Waals surface area contributed by atoms with Crippen LogP contribution in [-0.4, -0.2) is 52.4 Å². The number of carbonyl (C=O) groups excluding carboxylic acids is 3. The number of fused-ring (bicyclic) bond motifs is 4. The molecular weight excluding hydrogens is 733 g/mol. The molecule has 0 bridgehead atoms. The average molecular weight is 772 g/mol. The van der Waals surface area contributed by atoms with Crippen LogP contribution in [0, 0.1) is 26.2 Å². The molecule has 0 spiro atoms. The van der Waals surface area contributed by atoms with E-state index in [1.54, 1.807) is 55.7 Å². The number of rotatable bonds is 6. The number of nitrogens with zero attached hydrogens (tertiary/aromatic N) is 1. The van der Waals surface area contributed by atoms with E-state index in [0.29, 0.717) is 24.0 Å². The van der Waals surface area contributed by atoms with Crippen molar-refractivity contribution in [2.75, 3.05) is 6.61 Å². The van der Waals surface area contributed by atoms with E-state index in [2.05, 4.69) is 27.6 Å². The number of pyridine rings is 1. The molecule has 1 aromatic carbocycles. The normalized spacial score (nSPS) is 32.0. The molecule has 2 saturated carbocycles. The number of aromatic nitrogens is 1. The van der Waals surface area contributed by atoms with E-state index in [4.69, 9.17) is 23.4 Å². The standard InChI is InChI=1S/C36H38INO10/c1-19(39)44-18-35(4)26-16-28(47-32(42)21-8-6-10-23(37)14-21)36(5)31(34(26,3)12-11-27(35)45-20(2)40)30(41)29-25(48-36)15-24(46-33(29)43)22-9-7-13-38-17-22/h6-10,13-15,17,26-28,30-31,41H,11-12,16,18H2,1-5H3/t26?,27-,28-,30-,31?,34-,35+,36+/m0/s1. The highest BCUT2D eigenvalue weighted by Gasteiger charge is 2.71. The summed E-state index contributed by atoms with van der Waals surface area (Å²) >= 11 is 2.12. The molecule has 0 amide bonds. The van der Waals surface area contributed by atoms with Crippen LogP contribution in [0.2, 0.25) is 0 Å². The van der Waals surface area contributed by atoms with Crippen molar-refractivity contribution in [1.29, 1.82) is 0 Å². The Bertz CT molecular complexity index is 1810. The summed E-state index contributed by atoms with van der Waals surface area (Å²) in [6.07, 6.45) is 1.29. The molecule has 12 heteroatoms. The molecule has 254 valence electrons. The SMILES string of the molecule is CC(=O)OC[C@]1(C)C2C[C@H](OC(=O)c3cccc(I)c3)[C@@]3(C)Oc4cc(-c5cccnc5)oc(=O)c4[C@H](O)C3[C@@]2(C)CC[C@@H]1OC(C)=O. The lowest BCUT2D eigenvalue weighted by molar-refractivity contribution is -0.266. The Morgan fingerprint density at radius 3 is 2.48 bits per heavy atom. The Morgan fingerprint density at radius 2 is 1.81 bits per heavy atom. The molecule has 2 unspecified atom stereocenters. The van der Waals surface area contributed by atoms with E-state index >= 15 is 0 Å². The molecule has 0 radical (unpaired) electrons. The molecule has 3 aliphatic rings. The second-order valence-electron chi connectivity index (χ2n) is 13.7. The largest absolute Gasteiger partial charge is 0.482 e. The number of hydrogen-bond donors (Lipinski definition) is 1. The highest BCUT2D eigenvalue weighted by atomic mass is 127. The smallest absolute Gasteiger partial charge is 0.345 e. The van der Waals surface area contributed by atoms with Gasteiger partial charge in [0.2, 0.25) is 0 Å². The summed E-state index contributed by atoms with van der Waals surface area (Å²) in [5.74, 6) is -2.44. The molecule has 2 aliphatic carbocycles. The zero-order valence-electron chi connectivity index (χ0n) is 27.4. The number of benzene rings is 1. The van der Waals surface area contributed by atoms with Crippen molar-refractivity contribution in [3.63, 3.8) is 0 Å². The maximum Gasteiger partial charge on any atom is 0.345 e. The van der Waals surface area contributed by atoms with Gasteiger partial charge in [-0.1, -0.05) is 19.9 Å². The molecule has 2 fully saturated rings. The van der Waals surface area contributed by atoms with Crippen molar-refractivity contribution in [2.45, 2.75) is 77.8 Å². The highest BCUT2D eigenvalue weighted by molar-refractivity contribution is 14.1. The van der Waals surface area contributed by atoms with Crippen LogP contribution in [-0.2, 0) is 23.8 Å². The van der Waals surface area contributed by atoms with Crippen LogP contribution in [0.15, 0.2) is 64.1 Å². The first-order valence-electron chi connectivity index (χ1n) is 15.9. The van der Waals surface area contributed by atoms with Gasteiger partial charge in [-0.3, -0.25) is 14.6 Å². The molecule has 6 rings (SSSR count). The Morgan fingerprint density at radius 1 is 1.04 bits per heavy atom. The summed E-state index contributed by atoms with van der Waals surface area (Å²) in [7, 11) is 0. The Balaban J connectivity index is 1.51. The molecule has 3 heterocycles. The monoisotopic (exact) mass is 771 g/mol. The van der Waals surface area contributed by atoms with E-state index in [1.165, 1.54) is 13.8 Å². The molecular formula is C36H38INO10. The van der Waals surface area contributed by atoms with Crippen molar-refractivity contribution in [1.82, 2.24) is 4.98 Å². The number of esters is 3. The van der Waals surface area contributed by atoms with Crippen molar-refractivity contribution in [3.05, 3.63) is 80.0 Å². The molecule has 48 heavy (non-hydrogen) atoms. The van der Waals surface area contributed by atoms with E-state index in [0.717, 1.165) is 3.57 Å². The van der Waals surface area contributed by atoms with E-state index in [9.17, 15) is 24.3 Å². The number of hydrogen-bond acceptors (Lipinski definition) is 11. The predicted octanol–water partition coefficient (Wildman–Crippen LogP) is 5.65. The average Bonchev–Trinajstić information content (AvgIpc) is 3.02. The van der Waals surface area contributed by atoms with Crippen LogP contribution < -0.4 is 10.4 Å². The summed E-state index contributed by atoms with van der Waals surface area (Å²) in [5.41, 5.74) is -2.95. The van der Waals surface area contributed by atoms with Gasteiger partial charge in [-0.2, -0.15) is 0 Å². The van der Waals surface area contributed by atoms with Gasteiger partial charge in [-0.25, -0.2) is 9.59 Å². The summed E-state index contributed by atoms with van der Waals surface area (Å²) < 4.78 is 31.1. The minimum absolute atomic E-state index is 0.0292. The number of aliphatic hydroxyl groups excluding tert-OH is 1. The fraction of sp³-hybridized carbons (Fsp3) is 0.472.